The summed E-state index contributed by atoms with van der Waals surface area (Å²) in [5.74, 6) is 0.651. The van der Waals surface area contributed by atoms with Crippen LogP contribution in [-0.2, 0) is 0 Å². The van der Waals surface area contributed by atoms with Crippen LogP contribution < -0.4 is 4.74 Å². The minimum Gasteiger partial charge on any atom is -0.494 e. The van der Waals surface area contributed by atoms with E-state index in [1.807, 2.05) is 32.0 Å². The monoisotopic (exact) mass is 336 g/mol. The normalized spacial score (nSPS) is 12.2. The highest BCUT2D eigenvalue weighted by Crippen LogP contribution is 2.37. The van der Waals surface area contributed by atoms with Crippen LogP contribution in [0.15, 0.2) is 36.4 Å². The van der Waals surface area contributed by atoms with Gasteiger partial charge in [-0.1, -0.05) is 45.8 Å². The van der Waals surface area contributed by atoms with Gasteiger partial charge in [0.1, 0.15) is 11.6 Å². The largest absolute Gasteiger partial charge is 0.494 e. The summed E-state index contributed by atoms with van der Waals surface area (Å²) in [6, 6.07) is 11.4. The SMILES string of the molecule is CCOc1ccc(C)cc1C(Br)c1ccc(C)c(F)c1. The lowest BCUT2D eigenvalue weighted by Gasteiger charge is -2.17. The van der Waals surface area contributed by atoms with Gasteiger partial charge in [0, 0.05) is 5.56 Å². The van der Waals surface area contributed by atoms with Crippen molar-refractivity contribution >= 4 is 15.9 Å². The van der Waals surface area contributed by atoms with Crippen molar-refractivity contribution in [2.75, 3.05) is 6.61 Å². The molecule has 3 heteroatoms. The Balaban J connectivity index is 2.43. The lowest BCUT2D eigenvalue weighted by atomic mass is 10.0. The van der Waals surface area contributed by atoms with Gasteiger partial charge in [-0.25, -0.2) is 4.39 Å². The van der Waals surface area contributed by atoms with Gasteiger partial charge in [0.25, 0.3) is 0 Å². The molecule has 1 atom stereocenters. The Morgan fingerprint density at radius 2 is 1.90 bits per heavy atom. The van der Waals surface area contributed by atoms with E-state index in [4.69, 9.17) is 4.74 Å². The molecule has 0 saturated carbocycles. The third-order valence-corrected chi connectivity index (χ3v) is 4.25. The molecule has 0 fully saturated rings. The molecule has 0 radical (unpaired) electrons. The zero-order valence-electron chi connectivity index (χ0n) is 11.9. The number of hydrogen-bond donors (Lipinski definition) is 0. The molecule has 1 nitrogen and oxygen atoms in total. The van der Waals surface area contributed by atoms with Gasteiger partial charge in [0.05, 0.1) is 11.4 Å². The molecule has 0 N–H and O–H groups in total. The number of ether oxygens (including phenoxy) is 1. The van der Waals surface area contributed by atoms with Crippen molar-refractivity contribution in [3.05, 3.63) is 64.5 Å². The van der Waals surface area contributed by atoms with Crippen molar-refractivity contribution in [3.8, 4) is 5.75 Å². The second-order valence-corrected chi connectivity index (χ2v) is 5.76. The van der Waals surface area contributed by atoms with E-state index in [1.54, 1.807) is 19.1 Å². The van der Waals surface area contributed by atoms with Crippen LogP contribution in [-0.4, -0.2) is 6.61 Å². The zero-order chi connectivity index (χ0) is 14.7. The number of benzene rings is 2. The Morgan fingerprint density at radius 3 is 2.55 bits per heavy atom. The predicted octanol–water partition coefficient (Wildman–Crippen LogP) is 5.33. The zero-order valence-corrected chi connectivity index (χ0v) is 13.5. The fourth-order valence-electron chi connectivity index (χ4n) is 2.10. The minimum atomic E-state index is -0.183. The number of halogens is 2. The van der Waals surface area contributed by atoms with Gasteiger partial charge in [-0.05, 0) is 44.0 Å². The summed E-state index contributed by atoms with van der Waals surface area (Å²) in [5, 5.41) is 0. The van der Waals surface area contributed by atoms with Crippen LogP contribution in [0, 0.1) is 19.7 Å². The first kappa shape index (κ1) is 15.0. The lowest BCUT2D eigenvalue weighted by Crippen LogP contribution is -2.01. The first-order valence-corrected chi connectivity index (χ1v) is 7.58. The second kappa shape index (κ2) is 6.40. The quantitative estimate of drug-likeness (QED) is 0.686. The molecular weight excluding hydrogens is 319 g/mol. The molecule has 0 aliphatic heterocycles. The Bertz CT molecular complexity index is 610. The van der Waals surface area contributed by atoms with E-state index in [0.717, 1.165) is 22.4 Å². The predicted molar refractivity (Wildman–Crippen MR) is 84.3 cm³/mol. The van der Waals surface area contributed by atoms with Gasteiger partial charge in [-0.2, -0.15) is 0 Å². The van der Waals surface area contributed by atoms with Gasteiger partial charge in [-0.3, -0.25) is 0 Å². The van der Waals surface area contributed by atoms with Gasteiger partial charge >= 0.3 is 0 Å². The molecule has 0 aromatic heterocycles. The molecule has 20 heavy (non-hydrogen) atoms. The Labute approximate surface area is 127 Å². The maximum atomic E-state index is 13.7. The van der Waals surface area contributed by atoms with Crippen molar-refractivity contribution in [3.63, 3.8) is 0 Å². The van der Waals surface area contributed by atoms with Crippen LogP contribution in [0.3, 0.4) is 0 Å². The van der Waals surface area contributed by atoms with Crippen molar-refractivity contribution in [1.29, 1.82) is 0 Å². The van der Waals surface area contributed by atoms with Crippen LogP contribution in [0.2, 0.25) is 0 Å². The summed E-state index contributed by atoms with van der Waals surface area (Å²) >= 11 is 3.66. The lowest BCUT2D eigenvalue weighted by molar-refractivity contribution is 0.337. The molecular formula is C17H18BrFO. The Hall–Kier alpha value is -1.35. The summed E-state index contributed by atoms with van der Waals surface area (Å²) in [5.41, 5.74) is 3.72. The molecule has 1 unspecified atom stereocenters. The van der Waals surface area contributed by atoms with Crippen molar-refractivity contribution in [2.45, 2.75) is 25.6 Å². The molecule has 0 saturated heterocycles. The van der Waals surface area contributed by atoms with E-state index in [-0.39, 0.29) is 10.6 Å². The fourth-order valence-corrected chi connectivity index (χ4v) is 2.74. The topological polar surface area (TPSA) is 9.23 Å². The number of hydrogen-bond acceptors (Lipinski definition) is 1. The first-order valence-electron chi connectivity index (χ1n) is 6.66. The molecule has 2 aromatic carbocycles. The standard InChI is InChI=1S/C17H18BrFO/c1-4-20-16-8-5-11(2)9-14(16)17(18)13-7-6-12(3)15(19)10-13/h5-10,17H,4H2,1-3H3. The van der Waals surface area contributed by atoms with Crippen LogP contribution in [0.25, 0.3) is 0 Å². The molecule has 0 aliphatic rings. The highest BCUT2D eigenvalue weighted by atomic mass is 79.9. The Morgan fingerprint density at radius 1 is 1.15 bits per heavy atom. The maximum Gasteiger partial charge on any atom is 0.126 e. The van der Waals surface area contributed by atoms with Gasteiger partial charge in [0.15, 0.2) is 0 Å². The number of rotatable bonds is 4. The second-order valence-electron chi connectivity index (χ2n) is 4.85. The summed E-state index contributed by atoms with van der Waals surface area (Å²) in [6.45, 7) is 6.37. The molecule has 0 heterocycles. The molecule has 106 valence electrons. The van der Waals surface area contributed by atoms with E-state index < -0.39 is 0 Å². The van der Waals surface area contributed by atoms with Crippen molar-refractivity contribution in [1.82, 2.24) is 0 Å². The van der Waals surface area contributed by atoms with E-state index in [1.165, 1.54) is 0 Å². The highest BCUT2D eigenvalue weighted by Gasteiger charge is 2.16. The van der Waals surface area contributed by atoms with E-state index >= 15 is 0 Å². The van der Waals surface area contributed by atoms with Crippen molar-refractivity contribution < 1.29 is 9.13 Å². The van der Waals surface area contributed by atoms with Gasteiger partial charge < -0.3 is 4.74 Å². The molecule has 0 amide bonds. The third kappa shape index (κ3) is 3.21. The molecule has 2 aromatic rings. The minimum absolute atomic E-state index is 0.0842. The van der Waals surface area contributed by atoms with Crippen LogP contribution in [0.4, 0.5) is 4.39 Å². The van der Waals surface area contributed by atoms with Crippen LogP contribution in [0.5, 0.6) is 5.75 Å². The average molecular weight is 337 g/mol. The summed E-state index contributed by atoms with van der Waals surface area (Å²) < 4.78 is 19.4. The summed E-state index contributed by atoms with van der Waals surface area (Å²) in [4.78, 5) is -0.0842. The van der Waals surface area contributed by atoms with E-state index in [0.29, 0.717) is 12.2 Å². The first-order chi connectivity index (χ1) is 9.52. The van der Waals surface area contributed by atoms with E-state index in [9.17, 15) is 4.39 Å². The Kier molecular flexibility index (Phi) is 4.81. The number of aryl methyl sites for hydroxylation is 2. The molecule has 0 spiro atoms. The molecule has 0 bridgehead atoms. The van der Waals surface area contributed by atoms with E-state index in [2.05, 4.69) is 22.0 Å². The fraction of sp³-hybridized carbons (Fsp3) is 0.294. The number of alkyl halides is 1. The van der Waals surface area contributed by atoms with Crippen LogP contribution >= 0.6 is 15.9 Å². The third-order valence-electron chi connectivity index (χ3n) is 3.23. The summed E-state index contributed by atoms with van der Waals surface area (Å²) in [6.07, 6.45) is 0. The summed E-state index contributed by atoms with van der Waals surface area (Å²) in [7, 11) is 0. The van der Waals surface area contributed by atoms with Gasteiger partial charge in [0.2, 0.25) is 0 Å². The maximum absolute atomic E-state index is 13.7. The smallest absolute Gasteiger partial charge is 0.126 e. The molecule has 2 rings (SSSR count). The average Bonchev–Trinajstić information content (AvgIpc) is 2.43. The highest BCUT2D eigenvalue weighted by molar-refractivity contribution is 9.09. The molecule has 0 aliphatic carbocycles. The van der Waals surface area contributed by atoms with Crippen LogP contribution in [0.1, 0.15) is 34.0 Å². The van der Waals surface area contributed by atoms with Crippen molar-refractivity contribution in [2.24, 2.45) is 0 Å². The van der Waals surface area contributed by atoms with Gasteiger partial charge in [-0.15, -0.1) is 0 Å².